The van der Waals surface area contributed by atoms with E-state index in [9.17, 15) is 4.79 Å². The van der Waals surface area contributed by atoms with Crippen molar-refractivity contribution < 1.29 is 7.86 Å². The van der Waals surface area contributed by atoms with Crippen molar-refractivity contribution in [3.8, 4) is 0 Å². The minimum absolute atomic E-state index is 0.242. The molecule has 82 valence electrons. The lowest BCUT2D eigenvalue weighted by atomic mass is 10.1. The monoisotopic (exact) mass is 337 g/mol. The summed E-state index contributed by atoms with van der Waals surface area (Å²) in [5.74, 6) is -0.242. The van der Waals surface area contributed by atoms with Crippen LogP contribution in [0.1, 0.15) is 5.56 Å². The minimum atomic E-state index is -0.292. The van der Waals surface area contributed by atoms with Gasteiger partial charge in [-0.15, -0.1) is 0 Å². The Bertz CT molecular complexity index is 308. The van der Waals surface area contributed by atoms with Crippen molar-refractivity contribution in [2.24, 2.45) is 0 Å². The summed E-state index contributed by atoms with van der Waals surface area (Å²) >= 11 is 3.03. The molecule has 1 unspecified atom stereocenters. The molecule has 1 N–H and O–H groups in total. The van der Waals surface area contributed by atoms with Gasteiger partial charge in [-0.25, -0.2) is 9.52 Å². The third kappa shape index (κ3) is 4.40. The number of carbonyl (C=O) groups is 1. The van der Waals surface area contributed by atoms with Crippen LogP contribution in [0, 0.1) is 0 Å². The average molecular weight is 337 g/mol. The fourth-order valence-electron chi connectivity index (χ4n) is 1.22. The van der Waals surface area contributed by atoms with E-state index in [-0.39, 0.29) is 12.0 Å². The second-order valence-corrected chi connectivity index (χ2v) is 4.04. The Morgan fingerprint density at radius 2 is 2.20 bits per heavy atom. The summed E-state index contributed by atoms with van der Waals surface area (Å²) in [4.78, 5) is 11.4. The largest absolute Gasteiger partial charge is 0.393 e. The number of nitrogens with one attached hydrogen (secondary N) is 1. The van der Waals surface area contributed by atoms with E-state index in [4.69, 9.17) is 3.07 Å². The minimum Gasteiger partial charge on any atom is -0.393 e. The highest BCUT2D eigenvalue weighted by molar-refractivity contribution is 14.1. The van der Waals surface area contributed by atoms with Gasteiger partial charge in [-0.05, 0) is 18.2 Å². The lowest BCUT2D eigenvalue weighted by molar-refractivity contribution is -0.133. The zero-order valence-electron chi connectivity index (χ0n) is 8.27. The highest BCUT2D eigenvalue weighted by Gasteiger charge is 2.19. The molecule has 3 nitrogen and oxygen atoms in total. The van der Waals surface area contributed by atoms with Crippen LogP contribution in [0.4, 0.5) is 0 Å². The molecular formula is C10H12INO2S. The predicted molar refractivity (Wildman–Crippen MR) is 70.7 cm³/mol. The molecule has 0 saturated carbocycles. The molecule has 0 amide bonds. The van der Waals surface area contributed by atoms with Gasteiger partial charge in [-0.2, -0.15) is 0 Å². The van der Waals surface area contributed by atoms with Gasteiger partial charge < -0.3 is 3.07 Å². The fraction of sp³-hybridized carbons (Fsp3) is 0.300. The summed E-state index contributed by atoms with van der Waals surface area (Å²) in [5.41, 5.74) is 1.12. The maximum Gasteiger partial charge on any atom is 0.333 e. The molecule has 0 aliphatic carbocycles. The van der Waals surface area contributed by atoms with E-state index in [1.807, 2.05) is 36.6 Å². The molecule has 0 fully saturated rings. The molecule has 0 spiro atoms. The van der Waals surface area contributed by atoms with Crippen molar-refractivity contribution in [1.82, 2.24) is 4.72 Å². The lowest BCUT2D eigenvalue weighted by Crippen LogP contribution is -2.34. The van der Waals surface area contributed by atoms with E-state index < -0.39 is 0 Å². The van der Waals surface area contributed by atoms with Gasteiger partial charge in [0.2, 0.25) is 0 Å². The molecule has 0 aliphatic heterocycles. The quantitative estimate of drug-likeness (QED) is 0.661. The van der Waals surface area contributed by atoms with Gasteiger partial charge >= 0.3 is 5.97 Å². The third-order valence-electron chi connectivity index (χ3n) is 1.90. The Labute approximate surface area is 108 Å². The Balaban J connectivity index is 2.62. The van der Waals surface area contributed by atoms with Crippen molar-refractivity contribution in [2.75, 3.05) is 6.26 Å². The van der Waals surface area contributed by atoms with Crippen LogP contribution in [0.25, 0.3) is 0 Å². The van der Waals surface area contributed by atoms with E-state index >= 15 is 0 Å². The van der Waals surface area contributed by atoms with Gasteiger partial charge in [-0.1, -0.05) is 42.3 Å². The molecule has 0 saturated heterocycles. The van der Waals surface area contributed by atoms with Gasteiger partial charge in [0.25, 0.3) is 0 Å². The lowest BCUT2D eigenvalue weighted by Gasteiger charge is -2.13. The number of halogens is 1. The average Bonchev–Trinajstić information content (AvgIpc) is 2.29. The standard InChI is InChI=1S/C10H12INO2S/c1-15-12-9(10(13)14-11)7-8-5-3-2-4-6-8/h2-6,9,12H,7H2,1H3. The summed E-state index contributed by atoms with van der Waals surface area (Å²) in [6.07, 6.45) is 2.53. The van der Waals surface area contributed by atoms with Crippen LogP contribution in [0.15, 0.2) is 30.3 Å². The summed E-state index contributed by atoms with van der Waals surface area (Å²) < 4.78 is 7.71. The molecule has 0 radical (unpaired) electrons. The van der Waals surface area contributed by atoms with Crippen molar-refractivity contribution in [2.45, 2.75) is 12.5 Å². The van der Waals surface area contributed by atoms with E-state index in [0.29, 0.717) is 6.42 Å². The van der Waals surface area contributed by atoms with Gasteiger partial charge in [0.1, 0.15) is 6.04 Å². The number of rotatable bonds is 5. The molecule has 1 aromatic rings. The number of benzene rings is 1. The van der Waals surface area contributed by atoms with Gasteiger partial charge in [-0.3, -0.25) is 0 Å². The molecule has 1 atom stereocenters. The molecule has 1 aromatic carbocycles. The number of hydrogen-bond donors (Lipinski definition) is 1. The molecule has 1 rings (SSSR count). The summed E-state index contributed by atoms with van der Waals surface area (Å²) in [5, 5.41) is 0. The van der Waals surface area contributed by atoms with Crippen LogP contribution in [-0.2, 0) is 14.3 Å². The molecule has 5 heteroatoms. The van der Waals surface area contributed by atoms with Crippen LogP contribution >= 0.6 is 35.0 Å². The Morgan fingerprint density at radius 3 is 2.73 bits per heavy atom. The Kier molecular flexibility index (Phi) is 6.04. The van der Waals surface area contributed by atoms with Crippen LogP contribution < -0.4 is 4.72 Å². The molecular weight excluding hydrogens is 325 g/mol. The maximum absolute atomic E-state index is 11.4. The van der Waals surface area contributed by atoms with E-state index in [1.165, 1.54) is 11.9 Å². The summed E-state index contributed by atoms with van der Waals surface area (Å²) in [6, 6.07) is 9.57. The van der Waals surface area contributed by atoms with Crippen LogP contribution in [0.2, 0.25) is 0 Å². The van der Waals surface area contributed by atoms with Crippen molar-refractivity contribution >= 4 is 40.9 Å². The number of carbonyl (C=O) groups excluding carboxylic acids is 1. The molecule has 0 bridgehead atoms. The van der Waals surface area contributed by atoms with Crippen molar-refractivity contribution in [1.29, 1.82) is 0 Å². The fourth-order valence-corrected chi connectivity index (χ4v) is 1.99. The van der Waals surface area contributed by atoms with Crippen molar-refractivity contribution in [3.05, 3.63) is 35.9 Å². The first-order valence-electron chi connectivity index (χ1n) is 4.42. The van der Waals surface area contributed by atoms with E-state index in [0.717, 1.165) is 5.56 Å². The molecule has 0 aromatic heterocycles. The normalized spacial score (nSPS) is 12.1. The summed E-state index contributed by atoms with van der Waals surface area (Å²) in [6.45, 7) is 0. The van der Waals surface area contributed by atoms with E-state index in [2.05, 4.69) is 4.72 Å². The molecule has 0 heterocycles. The van der Waals surface area contributed by atoms with Crippen LogP contribution in [0.3, 0.4) is 0 Å². The summed E-state index contributed by atoms with van der Waals surface area (Å²) in [7, 11) is 0. The second kappa shape index (κ2) is 7.08. The van der Waals surface area contributed by atoms with Crippen LogP contribution in [0.5, 0.6) is 0 Å². The topological polar surface area (TPSA) is 38.3 Å². The van der Waals surface area contributed by atoms with Crippen LogP contribution in [-0.4, -0.2) is 18.3 Å². The van der Waals surface area contributed by atoms with Gasteiger partial charge in [0, 0.05) is 0 Å². The van der Waals surface area contributed by atoms with E-state index in [1.54, 1.807) is 23.0 Å². The second-order valence-electron chi connectivity index (χ2n) is 2.96. The zero-order valence-corrected chi connectivity index (χ0v) is 11.2. The first-order valence-corrected chi connectivity index (χ1v) is 6.53. The Hall–Kier alpha value is -0.270. The Morgan fingerprint density at radius 1 is 1.53 bits per heavy atom. The number of hydrogen-bond acceptors (Lipinski definition) is 4. The first-order chi connectivity index (χ1) is 7.27. The molecule has 0 aliphatic rings. The first kappa shape index (κ1) is 12.8. The zero-order chi connectivity index (χ0) is 11.1. The van der Waals surface area contributed by atoms with Crippen molar-refractivity contribution in [3.63, 3.8) is 0 Å². The third-order valence-corrected chi connectivity index (χ3v) is 2.86. The highest BCUT2D eigenvalue weighted by atomic mass is 127. The smallest absolute Gasteiger partial charge is 0.333 e. The predicted octanol–water partition coefficient (Wildman–Crippen LogP) is 2.36. The highest BCUT2D eigenvalue weighted by Crippen LogP contribution is 2.07. The SMILES string of the molecule is CSNC(Cc1ccccc1)C(=O)OI. The van der Waals surface area contributed by atoms with Gasteiger partial charge in [0.15, 0.2) is 23.0 Å². The van der Waals surface area contributed by atoms with Gasteiger partial charge in [0.05, 0.1) is 0 Å². The maximum atomic E-state index is 11.4. The molecule has 15 heavy (non-hydrogen) atoms.